The molecule has 3 N–H and O–H groups in total. The molecule has 0 saturated heterocycles. The molecule has 0 radical (unpaired) electrons. The van der Waals surface area contributed by atoms with Gasteiger partial charge in [-0.05, 0) is 67.8 Å². The van der Waals surface area contributed by atoms with Crippen LogP contribution in [-0.2, 0) is 14.3 Å². The summed E-state index contributed by atoms with van der Waals surface area (Å²) in [6, 6.07) is 0. The van der Waals surface area contributed by atoms with Crippen molar-refractivity contribution in [1.29, 1.82) is 0 Å². The minimum Gasteiger partial charge on any atom is -0.463 e. The van der Waals surface area contributed by atoms with E-state index < -0.39 is 29.2 Å². The topological polar surface area (TPSA) is 104 Å². The molecule has 0 spiro atoms. The number of fused-ring (bicyclic) bond motifs is 5. The Morgan fingerprint density at radius 3 is 2.69 bits per heavy atom. The zero-order valence-electron chi connectivity index (χ0n) is 17.7. The zero-order chi connectivity index (χ0) is 21.2. The minimum atomic E-state index is -1.39. The van der Waals surface area contributed by atoms with Gasteiger partial charge in [0, 0.05) is 18.8 Å². The van der Waals surface area contributed by atoms with Gasteiger partial charge in [0.05, 0.1) is 11.7 Å². The lowest BCUT2D eigenvalue weighted by Crippen LogP contribution is -2.63. The van der Waals surface area contributed by atoms with Crippen molar-refractivity contribution in [3.63, 3.8) is 0 Å². The predicted octanol–water partition coefficient (Wildman–Crippen LogP) is 2.14. The summed E-state index contributed by atoms with van der Waals surface area (Å²) in [5.74, 6) is 0.205. The SMILES string of the molecule is CC(=O)OCC(O)[C@@]1(O)CC[C@H]2[C@@H]3CCC4=CC(=O)CC[C@]4(C)[C@H]3[C@@H](O)C[C@@]21C. The number of hydrogen-bond acceptors (Lipinski definition) is 6. The third-order valence-corrected chi connectivity index (χ3v) is 9.11. The lowest BCUT2D eigenvalue weighted by Gasteiger charge is -2.61. The molecule has 0 aromatic carbocycles. The van der Waals surface area contributed by atoms with Crippen molar-refractivity contribution in [2.45, 2.75) is 83.5 Å². The molecule has 0 bridgehead atoms. The summed E-state index contributed by atoms with van der Waals surface area (Å²) in [5.41, 5.74) is -1.02. The molecule has 162 valence electrons. The fourth-order valence-electron chi connectivity index (χ4n) is 7.61. The van der Waals surface area contributed by atoms with Gasteiger partial charge in [0.15, 0.2) is 5.78 Å². The number of rotatable bonds is 3. The van der Waals surface area contributed by atoms with Gasteiger partial charge in [-0.2, -0.15) is 0 Å². The second-order valence-electron chi connectivity index (χ2n) is 10.4. The number of carbonyl (C=O) groups excluding carboxylic acids is 2. The van der Waals surface area contributed by atoms with Crippen molar-refractivity contribution >= 4 is 11.8 Å². The number of aliphatic hydroxyl groups excluding tert-OH is 2. The van der Waals surface area contributed by atoms with Crippen LogP contribution < -0.4 is 0 Å². The molecule has 4 aliphatic rings. The van der Waals surface area contributed by atoms with E-state index in [0.29, 0.717) is 19.3 Å². The first kappa shape index (κ1) is 21.0. The summed E-state index contributed by atoms with van der Waals surface area (Å²) in [6.07, 6.45) is 4.72. The molecule has 6 nitrogen and oxygen atoms in total. The molecule has 0 aromatic heterocycles. The van der Waals surface area contributed by atoms with Gasteiger partial charge in [0.2, 0.25) is 0 Å². The quantitative estimate of drug-likeness (QED) is 0.621. The predicted molar refractivity (Wildman–Crippen MR) is 106 cm³/mol. The second-order valence-corrected chi connectivity index (χ2v) is 10.4. The normalized spacial score (nSPS) is 47.5. The molecular weight excluding hydrogens is 372 g/mol. The van der Waals surface area contributed by atoms with Gasteiger partial charge >= 0.3 is 5.97 Å². The highest BCUT2D eigenvalue weighted by Gasteiger charge is 2.68. The van der Waals surface area contributed by atoms with E-state index in [-0.39, 0.29) is 35.6 Å². The molecule has 8 atom stereocenters. The van der Waals surface area contributed by atoms with Crippen LogP contribution in [-0.4, -0.2) is 51.5 Å². The highest BCUT2D eigenvalue weighted by atomic mass is 16.5. The summed E-state index contributed by atoms with van der Waals surface area (Å²) in [5, 5.41) is 33.6. The van der Waals surface area contributed by atoms with Crippen molar-refractivity contribution in [3.05, 3.63) is 11.6 Å². The molecule has 6 heteroatoms. The molecule has 3 saturated carbocycles. The average molecular weight is 407 g/mol. The number of allylic oxidation sites excluding steroid dienone is 1. The highest BCUT2D eigenvalue weighted by Crippen LogP contribution is 2.68. The maximum absolute atomic E-state index is 12.0. The molecule has 1 unspecified atom stereocenters. The van der Waals surface area contributed by atoms with E-state index in [1.54, 1.807) is 0 Å². The Morgan fingerprint density at radius 2 is 2.00 bits per heavy atom. The fraction of sp³-hybridized carbons (Fsp3) is 0.826. The molecule has 0 heterocycles. The number of esters is 1. The van der Waals surface area contributed by atoms with Crippen LogP contribution in [0, 0.1) is 28.6 Å². The maximum atomic E-state index is 12.0. The van der Waals surface area contributed by atoms with Crippen molar-refractivity contribution in [2.24, 2.45) is 28.6 Å². The van der Waals surface area contributed by atoms with Crippen LogP contribution in [0.5, 0.6) is 0 Å². The number of hydrogen-bond donors (Lipinski definition) is 3. The van der Waals surface area contributed by atoms with E-state index in [2.05, 4.69) is 6.92 Å². The lowest BCUT2D eigenvalue weighted by molar-refractivity contribution is -0.210. The summed E-state index contributed by atoms with van der Waals surface area (Å²) < 4.78 is 4.99. The number of carbonyl (C=O) groups is 2. The van der Waals surface area contributed by atoms with Crippen LogP contribution >= 0.6 is 0 Å². The summed E-state index contributed by atoms with van der Waals surface area (Å²) in [6.45, 7) is 5.24. The summed E-state index contributed by atoms with van der Waals surface area (Å²) >= 11 is 0. The molecule has 0 amide bonds. The Bertz CT molecular complexity index is 746. The standard InChI is InChI=1S/C23H34O6/c1-13(24)29-12-19(27)23(28)9-7-17-16-5-4-14-10-15(25)6-8-21(14,2)20(16)18(26)11-22(17,23)3/h10,16-20,26-28H,4-9,11-12H2,1-3H3/t16-,17-,18-,19?,20+,21-,22-,23-/m0/s1. The number of ketones is 1. The first-order chi connectivity index (χ1) is 13.5. The Kier molecular flexibility index (Phi) is 4.99. The smallest absolute Gasteiger partial charge is 0.302 e. The maximum Gasteiger partial charge on any atom is 0.302 e. The van der Waals surface area contributed by atoms with Gasteiger partial charge in [0.1, 0.15) is 12.7 Å². The Labute approximate surface area is 172 Å². The molecular formula is C23H34O6. The molecule has 0 aromatic rings. The van der Waals surface area contributed by atoms with Crippen LogP contribution in [0.1, 0.15) is 65.7 Å². The number of aliphatic hydroxyl groups is 3. The van der Waals surface area contributed by atoms with Crippen LogP contribution in [0.15, 0.2) is 11.6 Å². The van der Waals surface area contributed by atoms with Crippen molar-refractivity contribution in [1.82, 2.24) is 0 Å². The van der Waals surface area contributed by atoms with Crippen LogP contribution in [0.4, 0.5) is 0 Å². The second kappa shape index (κ2) is 6.89. The average Bonchev–Trinajstić information content (AvgIpc) is 2.91. The highest BCUT2D eigenvalue weighted by molar-refractivity contribution is 5.91. The monoisotopic (exact) mass is 406 g/mol. The largest absolute Gasteiger partial charge is 0.463 e. The molecule has 4 rings (SSSR count). The fourth-order valence-corrected chi connectivity index (χ4v) is 7.61. The third-order valence-electron chi connectivity index (χ3n) is 9.11. The summed E-state index contributed by atoms with van der Waals surface area (Å²) in [4.78, 5) is 23.1. The van der Waals surface area contributed by atoms with E-state index in [4.69, 9.17) is 4.74 Å². The van der Waals surface area contributed by atoms with Gasteiger partial charge in [-0.25, -0.2) is 0 Å². The van der Waals surface area contributed by atoms with Gasteiger partial charge in [-0.1, -0.05) is 19.4 Å². The van der Waals surface area contributed by atoms with Crippen molar-refractivity contribution < 1.29 is 29.6 Å². The molecule has 0 aliphatic heterocycles. The first-order valence-corrected chi connectivity index (χ1v) is 11.0. The van der Waals surface area contributed by atoms with Crippen LogP contribution in [0.3, 0.4) is 0 Å². The summed E-state index contributed by atoms with van der Waals surface area (Å²) in [7, 11) is 0. The number of ether oxygens (including phenoxy) is 1. The van der Waals surface area contributed by atoms with E-state index in [9.17, 15) is 24.9 Å². The van der Waals surface area contributed by atoms with Crippen LogP contribution in [0.25, 0.3) is 0 Å². The van der Waals surface area contributed by atoms with Gasteiger partial charge in [-0.15, -0.1) is 0 Å². The van der Waals surface area contributed by atoms with Crippen molar-refractivity contribution in [3.8, 4) is 0 Å². The third kappa shape index (κ3) is 2.94. The lowest BCUT2D eigenvalue weighted by atomic mass is 9.45. The van der Waals surface area contributed by atoms with Crippen LogP contribution in [0.2, 0.25) is 0 Å². The van der Waals surface area contributed by atoms with Gasteiger partial charge in [-0.3, -0.25) is 9.59 Å². The Morgan fingerprint density at radius 1 is 1.28 bits per heavy atom. The Hall–Kier alpha value is -1.24. The Balaban J connectivity index is 1.65. The van der Waals surface area contributed by atoms with E-state index in [1.165, 1.54) is 12.5 Å². The molecule has 4 aliphatic carbocycles. The minimum absolute atomic E-state index is 0.0710. The molecule has 29 heavy (non-hydrogen) atoms. The first-order valence-electron chi connectivity index (χ1n) is 11.0. The van der Waals surface area contributed by atoms with Crippen molar-refractivity contribution in [2.75, 3.05) is 6.61 Å². The van der Waals surface area contributed by atoms with E-state index >= 15 is 0 Å². The van der Waals surface area contributed by atoms with Gasteiger partial charge < -0.3 is 20.1 Å². The zero-order valence-corrected chi connectivity index (χ0v) is 17.7. The molecule has 3 fully saturated rings. The van der Waals surface area contributed by atoms with E-state index in [0.717, 1.165) is 25.7 Å². The van der Waals surface area contributed by atoms with E-state index in [1.807, 2.05) is 13.0 Å². The van der Waals surface area contributed by atoms with Gasteiger partial charge in [0.25, 0.3) is 0 Å².